The summed E-state index contributed by atoms with van der Waals surface area (Å²) in [5.41, 5.74) is 2.18. The summed E-state index contributed by atoms with van der Waals surface area (Å²) in [6, 6.07) is 5.64. The van der Waals surface area contributed by atoms with Crippen LogP contribution >= 0.6 is 0 Å². The maximum atomic E-state index is 11.8. The van der Waals surface area contributed by atoms with Gasteiger partial charge in [-0.15, -0.1) is 0 Å². The summed E-state index contributed by atoms with van der Waals surface area (Å²) in [5.74, 6) is 0.882. The lowest BCUT2D eigenvalue weighted by Gasteiger charge is -2.28. The highest BCUT2D eigenvalue weighted by Gasteiger charge is 2.24. The zero-order valence-electron chi connectivity index (χ0n) is 13.4. The van der Waals surface area contributed by atoms with E-state index < -0.39 is 6.10 Å². The van der Waals surface area contributed by atoms with Crippen LogP contribution in [0.3, 0.4) is 0 Å². The van der Waals surface area contributed by atoms with Gasteiger partial charge >= 0.3 is 6.03 Å². The van der Waals surface area contributed by atoms with Crippen LogP contribution in [0.5, 0.6) is 5.75 Å². The fraction of sp³-hybridized carbons (Fsp3) is 0.588. The van der Waals surface area contributed by atoms with Crippen LogP contribution in [-0.4, -0.2) is 36.4 Å². The van der Waals surface area contributed by atoms with E-state index in [1.807, 2.05) is 32.0 Å². The Balaban J connectivity index is 1.69. The first-order valence-electron chi connectivity index (χ1n) is 7.99. The molecule has 1 aromatic rings. The Hall–Kier alpha value is -1.75. The van der Waals surface area contributed by atoms with E-state index in [1.165, 1.54) is 0 Å². The third-order valence-corrected chi connectivity index (χ3v) is 4.09. The summed E-state index contributed by atoms with van der Waals surface area (Å²) in [6.07, 6.45) is 3.27. The maximum absolute atomic E-state index is 11.8. The smallest absolute Gasteiger partial charge is 0.315 e. The average molecular weight is 306 g/mol. The molecule has 1 fully saturated rings. The summed E-state index contributed by atoms with van der Waals surface area (Å²) < 4.78 is 5.74. The van der Waals surface area contributed by atoms with E-state index in [1.54, 1.807) is 0 Å². The zero-order valence-corrected chi connectivity index (χ0v) is 13.4. The minimum Gasteiger partial charge on any atom is -0.491 e. The van der Waals surface area contributed by atoms with Gasteiger partial charge in [-0.2, -0.15) is 0 Å². The molecule has 5 nitrogen and oxygen atoms in total. The average Bonchev–Trinajstić information content (AvgIpc) is 2.48. The Morgan fingerprint density at radius 3 is 2.64 bits per heavy atom. The molecule has 1 aliphatic carbocycles. The number of carbonyl (C=O) groups is 1. The van der Waals surface area contributed by atoms with Crippen molar-refractivity contribution >= 4 is 6.03 Å². The van der Waals surface area contributed by atoms with Crippen molar-refractivity contribution in [3.8, 4) is 5.75 Å². The molecular weight excluding hydrogens is 280 g/mol. The highest BCUT2D eigenvalue weighted by atomic mass is 16.5. The predicted molar refractivity (Wildman–Crippen MR) is 86.2 cm³/mol. The van der Waals surface area contributed by atoms with Gasteiger partial charge < -0.3 is 20.5 Å². The Morgan fingerprint density at radius 2 is 1.95 bits per heavy atom. The van der Waals surface area contributed by atoms with Gasteiger partial charge in [-0.3, -0.25) is 0 Å². The van der Waals surface area contributed by atoms with Gasteiger partial charge in [0.15, 0.2) is 0 Å². The van der Waals surface area contributed by atoms with E-state index in [2.05, 4.69) is 10.6 Å². The van der Waals surface area contributed by atoms with Gasteiger partial charge in [0.2, 0.25) is 0 Å². The quantitative estimate of drug-likeness (QED) is 0.731. The van der Waals surface area contributed by atoms with Gasteiger partial charge in [0.05, 0.1) is 18.7 Å². The number of nitrogens with one attached hydrogen (secondary N) is 2. The number of aliphatic hydroxyl groups is 1. The van der Waals surface area contributed by atoms with Gasteiger partial charge in [0.1, 0.15) is 12.4 Å². The number of benzene rings is 1. The van der Waals surface area contributed by atoms with Gasteiger partial charge in [0, 0.05) is 0 Å². The number of urea groups is 1. The minimum atomic E-state index is -0.426. The van der Waals surface area contributed by atoms with Crippen molar-refractivity contribution in [1.29, 1.82) is 0 Å². The highest BCUT2D eigenvalue weighted by Crippen LogP contribution is 2.22. The molecule has 0 heterocycles. The molecule has 1 aromatic carbocycles. The predicted octanol–water partition coefficient (Wildman–Crippen LogP) is 2.28. The van der Waals surface area contributed by atoms with E-state index in [4.69, 9.17) is 4.74 Å². The molecule has 0 aliphatic heterocycles. The first kappa shape index (κ1) is 16.6. The number of hydrogen-bond donors (Lipinski definition) is 3. The number of rotatable bonds is 5. The summed E-state index contributed by atoms with van der Waals surface area (Å²) in [7, 11) is 0. The normalized spacial score (nSPS) is 21.2. The Morgan fingerprint density at radius 1 is 1.27 bits per heavy atom. The molecule has 3 N–H and O–H groups in total. The number of hydrogen-bond acceptors (Lipinski definition) is 3. The monoisotopic (exact) mass is 306 g/mol. The van der Waals surface area contributed by atoms with Crippen molar-refractivity contribution in [1.82, 2.24) is 10.6 Å². The largest absolute Gasteiger partial charge is 0.491 e. The fourth-order valence-corrected chi connectivity index (χ4v) is 2.84. The third-order valence-electron chi connectivity index (χ3n) is 4.09. The van der Waals surface area contributed by atoms with Gasteiger partial charge in [-0.05, 0) is 37.8 Å². The van der Waals surface area contributed by atoms with Crippen LogP contribution in [0.15, 0.2) is 18.2 Å². The number of aliphatic hydroxyl groups excluding tert-OH is 1. The molecule has 2 rings (SSSR count). The van der Waals surface area contributed by atoms with E-state index >= 15 is 0 Å². The molecular formula is C17H26N2O3. The molecule has 0 aromatic heterocycles. The van der Waals surface area contributed by atoms with Gasteiger partial charge in [-0.25, -0.2) is 4.79 Å². The molecule has 0 spiro atoms. The summed E-state index contributed by atoms with van der Waals surface area (Å²) in [6.45, 7) is 4.87. The van der Waals surface area contributed by atoms with Crippen molar-refractivity contribution in [3.63, 3.8) is 0 Å². The second-order valence-corrected chi connectivity index (χ2v) is 5.93. The van der Waals surface area contributed by atoms with Crippen molar-refractivity contribution < 1.29 is 14.6 Å². The molecule has 0 radical (unpaired) electrons. The lowest BCUT2D eigenvalue weighted by molar-refractivity contribution is 0.0942. The highest BCUT2D eigenvalue weighted by molar-refractivity contribution is 5.74. The summed E-state index contributed by atoms with van der Waals surface area (Å²) in [5, 5.41) is 15.4. The number of carbonyl (C=O) groups excluding carboxylic acids is 1. The van der Waals surface area contributed by atoms with E-state index in [0.29, 0.717) is 13.2 Å². The van der Waals surface area contributed by atoms with Crippen LogP contribution in [-0.2, 0) is 0 Å². The van der Waals surface area contributed by atoms with Crippen LogP contribution in [0.25, 0.3) is 0 Å². The summed E-state index contributed by atoms with van der Waals surface area (Å²) in [4.78, 5) is 11.8. The van der Waals surface area contributed by atoms with Crippen molar-refractivity contribution in [2.24, 2.45) is 0 Å². The Bertz CT molecular complexity index is 484. The lowest BCUT2D eigenvalue weighted by atomic mass is 9.93. The molecule has 5 heteroatoms. The molecule has 0 saturated heterocycles. The molecule has 1 saturated carbocycles. The van der Waals surface area contributed by atoms with Crippen LogP contribution in [0.4, 0.5) is 4.79 Å². The number of amides is 2. The topological polar surface area (TPSA) is 70.6 Å². The third kappa shape index (κ3) is 4.63. The first-order valence-corrected chi connectivity index (χ1v) is 7.99. The van der Waals surface area contributed by atoms with Gasteiger partial charge in [0.25, 0.3) is 0 Å². The van der Waals surface area contributed by atoms with Gasteiger partial charge in [-0.1, -0.05) is 31.0 Å². The minimum absolute atomic E-state index is 0.131. The fourth-order valence-electron chi connectivity index (χ4n) is 2.84. The maximum Gasteiger partial charge on any atom is 0.315 e. The first-order chi connectivity index (χ1) is 10.6. The number of ether oxygens (including phenoxy) is 1. The number of para-hydroxylation sites is 1. The van der Waals surface area contributed by atoms with Crippen molar-refractivity contribution in [2.75, 3.05) is 13.2 Å². The second kappa shape index (κ2) is 8.03. The molecule has 2 atom stereocenters. The standard InChI is InChI=1S/C17H26N2O3/c1-12-6-5-7-13(2)16(12)22-11-10-18-17(21)19-14-8-3-4-9-15(14)20/h5-7,14-15,20H,3-4,8-11H2,1-2H3,(H2,18,19,21). The van der Waals surface area contributed by atoms with E-state index in [9.17, 15) is 9.90 Å². The second-order valence-electron chi connectivity index (χ2n) is 5.93. The van der Waals surface area contributed by atoms with E-state index in [0.717, 1.165) is 42.6 Å². The molecule has 0 bridgehead atoms. The van der Waals surface area contributed by atoms with Crippen molar-refractivity contribution in [3.05, 3.63) is 29.3 Å². The van der Waals surface area contributed by atoms with Crippen LogP contribution < -0.4 is 15.4 Å². The van der Waals surface area contributed by atoms with Crippen LogP contribution in [0, 0.1) is 13.8 Å². The molecule has 1 aliphatic rings. The SMILES string of the molecule is Cc1cccc(C)c1OCCNC(=O)NC1CCCCC1O. The zero-order chi connectivity index (χ0) is 15.9. The van der Waals surface area contributed by atoms with Crippen molar-refractivity contribution in [2.45, 2.75) is 51.7 Å². The van der Waals surface area contributed by atoms with Crippen LogP contribution in [0.1, 0.15) is 36.8 Å². The lowest BCUT2D eigenvalue weighted by Crippen LogP contribution is -2.49. The van der Waals surface area contributed by atoms with Crippen LogP contribution in [0.2, 0.25) is 0 Å². The molecule has 2 amide bonds. The summed E-state index contributed by atoms with van der Waals surface area (Å²) >= 11 is 0. The molecule has 22 heavy (non-hydrogen) atoms. The van der Waals surface area contributed by atoms with E-state index in [-0.39, 0.29) is 12.1 Å². The molecule has 122 valence electrons. The Labute approximate surface area is 132 Å². The molecule has 2 unspecified atom stereocenters. The number of aryl methyl sites for hydroxylation is 2. The Kier molecular flexibility index (Phi) is 6.07.